The maximum atomic E-state index is 13.5. The minimum Gasteiger partial charge on any atom is -0.508 e. The van der Waals surface area contributed by atoms with Gasteiger partial charge in [0.2, 0.25) is 0 Å². The van der Waals surface area contributed by atoms with Gasteiger partial charge in [0, 0.05) is 42.5 Å². The minimum absolute atomic E-state index is 0.0253. The summed E-state index contributed by atoms with van der Waals surface area (Å²) in [4.78, 5) is 37.6. The number of primary amides is 1. The molecular weight excluding hydrogens is 456 g/mol. The maximum Gasteiger partial charge on any atom is 0.252 e. The number of fused-ring (bicyclic) bond motifs is 3. The molecule has 0 unspecified atom stereocenters. The van der Waals surface area contributed by atoms with Gasteiger partial charge in [0.15, 0.2) is 11.6 Å². The number of carbonyl (C=O) groups is 3. The number of aliphatic hydroxyl groups excluding tert-OH is 3. The lowest BCUT2D eigenvalue weighted by Gasteiger charge is -2.49. The van der Waals surface area contributed by atoms with Crippen molar-refractivity contribution < 1.29 is 39.9 Å². The Balaban J connectivity index is 1.83. The van der Waals surface area contributed by atoms with Gasteiger partial charge in [-0.15, -0.1) is 0 Å². The fourth-order valence-electron chi connectivity index (χ4n) is 5.28. The van der Waals surface area contributed by atoms with Crippen molar-refractivity contribution in [1.82, 2.24) is 5.32 Å². The van der Waals surface area contributed by atoms with Gasteiger partial charge in [0.25, 0.3) is 5.91 Å². The molecule has 0 aliphatic heterocycles. The Hall–Kier alpha value is -3.05. The number of phenols is 1. The Bertz CT molecular complexity index is 1190. The third-order valence-electron chi connectivity index (χ3n) is 7.04. The summed E-state index contributed by atoms with van der Waals surface area (Å²) >= 11 is 0. The average molecular weight is 487 g/mol. The minimum atomic E-state index is -2.43. The van der Waals surface area contributed by atoms with Crippen LogP contribution in [0.3, 0.4) is 0 Å². The van der Waals surface area contributed by atoms with Crippen molar-refractivity contribution in [2.24, 2.45) is 23.0 Å². The topological polar surface area (TPSA) is 190 Å². The summed E-state index contributed by atoms with van der Waals surface area (Å²) in [5, 5.41) is 58.6. The molecule has 10 heteroatoms. The highest BCUT2D eigenvalue weighted by Gasteiger charge is 2.60. The Morgan fingerprint density at radius 2 is 1.86 bits per heavy atom. The number of hydrogen-bond acceptors (Lipinski definition) is 9. The normalized spacial score (nSPS) is 30.4. The first-order valence-electron chi connectivity index (χ1n) is 11.4. The molecule has 0 aromatic heterocycles. The molecule has 0 fully saturated rings. The predicted molar refractivity (Wildman–Crippen MR) is 123 cm³/mol. The number of aliphatic hydroxyl groups is 4. The van der Waals surface area contributed by atoms with Gasteiger partial charge in [-0.3, -0.25) is 14.4 Å². The number of aromatic hydroxyl groups is 1. The second kappa shape index (κ2) is 8.27. The van der Waals surface area contributed by atoms with Crippen LogP contribution in [0.5, 0.6) is 5.75 Å². The van der Waals surface area contributed by atoms with Gasteiger partial charge in [-0.25, -0.2) is 0 Å². The predicted octanol–water partition coefficient (Wildman–Crippen LogP) is 0.292. The highest BCUT2D eigenvalue weighted by atomic mass is 16.3. The highest BCUT2D eigenvalue weighted by Crippen LogP contribution is 2.53. The van der Waals surface area contributed by atoms with Crippen molar-refractivity contribution in [2.45, 2.75) is 51.5 Å². The molecule has 1 aromatic rings. The Morgan fingerprint density at radius 3 is 2.46 bits per heavy atom. The molecule has 3 aliphatic rings. The summed E-state index contributed by atoms with van der Waals surface area (Å²) in [6.45, 7) is 6.96. The number of hydrogen-bond donors (Lipinski definition) is 7. The first kappa shape index (κ1) is 25.1. The van der Waals surface area contributed by atoms with Crippen molar-refractivity contribution in [3.63, 3.8) is 0 Å². The van der Waals surface area contributed by atoms with E-state index in [1.807, 2.05) is 20.8 Å². The van der Waals surface area contributed by atoms with Gasteiger partial charge in [0.1, 0.15) is 17.1 Å². The molecule has 188 valence electrons. The molecule has 10 nitrogen and oxygen atoms in total. The van der Waals surface area contributed by atoms with Gasteiger partial charge >= 0.3 is 0 Å². The van der Waals surface area contributed by atoms with E-state index in [0.717, 1.165) is 6.08 Å². The lowest BCUT2D eigenvalue weighted by molar-refractivity contribution is -0.133. The van der Waals surface area contributed by atoms with Crippen LogP contribution in [0.4, 0.5) is 0 Å². The van der Waals surface area contributed by atoms with Crippen LogP contribution in [-0.4, -0.2) is 61.3 Å². The van der Waals surface area contributed by atoms with Crippen LogP contribution in [0.1, 0.15) is 54.8 Å². The molecule has 3 aliphatic carbocycles. The second-order valence-corrected chi connectivity index (χ2v) is 10.7. The van der Waals surface area contributed by atoms with Crippen LogP contribution < -0.4 is 11.1 Å². The van der Waals surface area contributed by atoms with E-state index in [9.17, 15) is 39.9 Å². The summed E-state index contributed by atoms with van der Waals surface area (Å²) in [5.41, 5.74) is 1.93. The maximum absolute atomic E-state index is 13.5. The van der Waals surface area contributed by atoms with E-state index in [-0.39, 0.29) is 28.8 Å². The number of benzene rings is 1. The van der Waals surface area contributed by atoms with E-state index >= 15 is 0 Å². The number of phenolic OH excluding ortho intramolecular Hbond substituents is 1. The molecule has 0 saturated carbocycles. The molecule has 0 radical (unpaired) electrons. The molecule has 8 N–H and O–H groups in total. The molecule has 35 heavy (non-hydrogen) atoms. The zero-order valence-electron chi connectivity index (χ0n) is 19.7. The van der Waals surface area contributed by atoms with E-state index in [1.54, 1.807) is 6.07 Å². The van der Waals surface area contributed by atoms with Gasteiger partial charge in [-0.05, 0) is 17.1 Å². The number of amides is 1. The number of ketones is 2. The summed E-state index contributed by atoms with van der Waals surface area (Å²) in [5.74, 6) is -6.70. The SMILES string of the molecule is CC(C)(C)CNCc1ccc2c(c1O)C(=O)C1=C(O)[C@]3(O)C=C(C(N)=O)C(=O)C[C@@H]3[C@@H](O)[C@@H]1[C@H]2O. The first-order valence-corrected chi connectivity index (χ1v) is 11.4. The van der Waals surface area contributed by atoms with E-state index in [2.05, 4.69) is 5.32 Å². The third kappa shape index (κ3) is 3.86. The number of nitrogens with two attached hydrogens (primary N) is 1. The zero-order valence-corrected chi connectivity index (χ0v) is 19.7. The van der Waals surface area contributed by atoms with Crippen molar-refractivity contribution in [3.8, 4) is 5.75 Å². The van der Waals surface area contributed by atoms with Gasteiger partial charge in [-0.1, -0.05) is 32.9 Å². The Labute approximate surface area is 201 Å². The smallest absolute Gasteiger partial charge is 0.252 e. The van der Waals surface area contributed by atoms with E-state index in [1.165, 1.54) is 6.07 Å². The number of carbonyl (C=O) groups excluding carboxylic acids is 3. The molecule has 0 heterocycles. The van der Waals surface area contributed by atoms with Gasteiger partial charge in [0.05, 0.1) is 23.3 Å². The number of nitrogens with one attached hydrogen (secondary N) is 1. The van der Waals surface area contributed by atoms with Crippen LogP contribution in [0, 0.1) is 17.3 Å². The molecule has 0 spiro atoms. The molecule has 1 aromatic carbocycles. The third-order valence-corrected chi connectivity index (χ3v) is 7.04. The van der Waals surface area contributed by atoms with Crippen molar-refractivity contribution in [2.75, 3.05) is 6.54 Å². The summed E-state index contributed by atoms with van der Waals surface area (Å²) in [6.07, 6.45) is -2.91. The standard InChI is InChI=1S/C25H30N2O8/c1-24(2,3)9-27-8-10-4-5-11-15(18(10)29)21(32)17-16(19(11)30)20(31)13-6-14(28)12(23(26)34)7-25(13,35)22(17)33/h4-5,7,13,16,19-20,27,29-31,33,35H,6,8-9H2,1-3H3,(H2,26,34)/t13-,16+,19+,20-,25+/m1/s1. The monoisotopic (exact) mass is 486 g/mol. The molecule has 1 amide bonds. The van der Waals surface area contributed by atoms with Crippen LogP contribution in [0.15, 0.2) is 35.1 Å². The number of Topliss-reactive ketones (excluding diaryl/α,β-unsaturated/α-hetero) is 2. The molecule has 5 atom stereocenters. The van der Waals surface area contributed by atoms with Crippen LogP contribution in [0.2, 0.25) is 0 Å². The first-order chi connectivity index (χ1) is 16.2. The molecule has 4 rings (SSSR count). The summed E-state index contributed by atoms with van der Waals surface area (Å²) in [6, 6.07) is 3.04. The van der Waals surface area contributed by atoms with Crippen LogP contribution in [-0.2, 0) is 16.1 Å². The zero-order chi connectivity index (χ0) is 26.0. The fraction of sp³-hybridized carbons (Fsp3) is 0.480. The average Bonchev–Trinajstić information content (AvgIpc) is 2.75. The quantitative estimate of drug-likeness (QED) is 0.293. The van der Waals surface area contributed by atoms with Crippen LogP contribution >= 0.6 is 0 Å². The highest BCUT2D eigenvalue weighted by molar-refractivity contribution is 6.20. The Kier molecular flexibility index (Phi) is 5.92. The van der Waals surface area contributed by atoms with Crippen molar-refractivity contribution in [3.05, 3.63) is 51.8 Å². The van der Waals surface area contributed by atoms with Crippen molar-refractivity contribution in [1.29, 1.82) is 0 Å². The van der Waals surface area contributed by atoms with Gasteiger partial charge in [-0.2, -0.15) is 0 Å². The largest absolute Gasteiger partial charge is 0.508 e. The fourth-order valence-corrected chi connectivity index (χ4v) is 5.28. The van der Waals surface area contributed by atoms with Gasteiger partial charge < -0.3 is 36.6 Å². The van der Waals surface area contributed by atoms with Crippen molar-refractivity contribution >= 4 is 17.5 Å². The van der Waals surface area contributed by atoms with Crippen LogP contribution in [0.25, 0.3) is 0 Å². The lowest BCUT2D eigenvalue weighted by Crippen LogP contribution is -2.58. The number of rotatable bonds is 4. The van der Waals surface area contributed by atoms with E-state index in [4.69, 9.17) is 5.73 Å². The molecule has 0 saturated heterocycles. The van der Waals surface area contributed by atoms with E-state index in [0.29, 0.717) is 12.1 Å². The molecular formula is C25H30N2O8. The summed E-state index contributed by atoms with van der Waals surface area (Å²) < 4.78 is 0. The molecule has 0 bridgehead atoms. The van der Waals surface area contributed by atoms with E-state index < -0.39 is 70.4 Å². The summed E-state index contributed by atoms with van der Waals surface area (Å²) in [7, 11) is 0. The Morgan fingerprint density at radius 1 is 1.20 bits per heavy atom. The lowest BCUT2D eigenvalue weighted by atomic mass is 9.59. The second-order valence-electron chi connectivity index (χ2n) is 10.7.